The average molecular weight is 293 g/mol. The minimum atomic E-state index is -0.303. The monoisotopic (exact) mass is 292 g/mol. The van der Waals surface area contributed by atoms with Crippen molar-refractivity contribution in [3.63, 3.8) is 0 Å². The lowest BCUT2D eigenvalue weighted by molar-refractivity contribution is -0.139. The number of aromatic nitrogens is 1. The number of fused-ring (bicyclic) bond motifs is 1. The summed E-state index contributed by atoms with van der Waals surface area (Å²) in [5.74, 6) is -0.303. The van der Waals surface area contributed by atoms with Crippen LogP contribution in [0.2, 0.25) is 5.02 Å². The van der Waals surface area contributed by atoms with E-state index < -0.39 is 0 Å². The molecule has 0 unspecified atom stereocenters. The first-order chi connectivity index (χ1) is 9.42. The molecule has 2 aromatic rings. The Balaban J connectivity index is 2.72. The minimum Gasteiger partial charge on any atom is -0.469 e. The molecule has 0 atom stereocenters. The average Bonchev–Trinajstić information content (AvgIpc) is 2.38. The summed E-state index contributed by atoms with van der Waals surface area (Å²) < 4.78 is 4.73. The van der Waals surface area contributed by atoms with Gasteiger partial charge in [0.2, 0.25) is 0 Å². The molecule has 1 aromatic heterocycles. The number of carbonyl (C=O) groups excluding carboxylic acids is 1. The molecule has 0 bridgehead atoms. The summed E-state index contributed by atoms with van der Waals surface area (Å²) in [5, 5.41) is 1.53. The number of aryl methyl sites for hydroxylation is 1. The SMILES string of the molecule is COC(=O)Cc1cc(Cl)cc2c(N(C)C)cc(C)nc12. The number of methoxy groups -OCH3 is 1. The van der Waals surface area contributed by atoms with Gasteiger partial charge in [0.25, 0.3) is 0 Å². The largest absolute Gasteiger partial charge is 0.469 e. The van der Waals surface area contributed by atoms with Gasteiger partial charge in [0.15, 0.2) is 0 Å². The van der Waals surface area contributed by atoms with E-state index in [1.165, 1.54) is 7.11 Å². The topological polar surface area (TPSA) is 42.4 Å². The van der Waals surface area contributed by atoms with Crippen LogP contribution in [0.15, 0.2) is 18.2 Å². The van der Waals surface area contributed by atoms with Gasteiger partial charge in [0, 0.05) is 35.9 Å². The van der Waals surface area contributed by atoms with Crippen LogP contribution in [0.5, 0.6) is 0 Å². The molecule has 0 aliphatic carbocycles. The molecule has 0 radical (unpaired) electrons. The van der Waals surface area contributed by atoms with Crippen molar-refractivity contribution in [3.05, 3.63) is 34.5 Å². The summed E-state index contributed by atoms with van der Waals surface area (Å²) in [6.45, 7) is 1.93. The first-order valence-corrected chi connectivity index (χ1v) is 6.64. The Bertz CT molecular complexity index is 668. The third-order valence-corrected chi connectivity index (χ3v) is 3.33. The highest BCUT2D eigenvalue weighted by atomic mass is 35.5. The quantitative estimate of drug-likeness (QED) is 0.816. The Hall–Kier alpha value is -1.81. The van der Waals surface area contributed by atoms with Crippen molar-refractivity contribution in [2.24, 2.45) is 0 Å². The summed E-state index contributed by atoms with van der Waals surface area (Å²) in [6.07, 6.45) is 0.164. The van der Waals surface area contributed by atoms with E-state index in [2.05, 4.69) is 4.98 Å². The second kappa shape index (κ2) is 5.67. The highest BCUT2D eigenvalue weighted by Gasteiger charge is 2.14. The van der Waals surface area contributed by atoms with Crippen molar-refractivity contribution >= 4 is 34.2 Å². The number of pyridine rings is 1. The summed E-state index contributed by atoms with van der Waals surface area (Å²) in [6, 6.07) is 5.65. The fraction of sp³-hybridized carbons (Fsp3) is 0.333. The smallest absolute Gasteiger partial charge is 0.310 e. The van der Waals surface area contributed by atoms with E-state index in [1.807, 2.05) is 38.1 Å². The third-order valence-electron chi connectivity index (χ3n) is 3.11. The van der Waals surface area contributed by atoms with Gasteiger partial charge in [-0.1, -0.05) is 11.6 Å². The fourth-order valence-electron chi connectivity index (χ4n) is 2.20. The van der Waals surface area contributed by atoms with Crippen molar-refractivity contribution in [1.82, 2.24) is 4.98 Å². The number of rotatable bonds is 3. The lowest BCUT2D eigenvalue weighted by Crippen LogP contribution is -2.11. The zero-order chi connectivity index (χ0) is 14.9. The van der Waals surface area contributed by atoms with E-state index in [4.69, 9.17) is 16.3 Å². The molecule has 4 nitrogen and oxygen atoms in total. The van der Waals surface area contributed by atoms with Crippen molar-refractivity contribution in [2.75, 3.05) is 26.1 Å². The Morgan fingerprint density at radius 3 is 2.65 bits per heavy atom. The molecule has 2 rings (SSSR count). The number of halogens is 1. The van der Waals surface area contributed by atoms with Gasteiger partial charge >= 0.3 is 5.97 Å². The van der Waals surface area contributed by atoms with E-state index in [0.29, 0.717) is 5.02 Å². The Kier molecular flexibility index (Phi) is 4.14. The molecule has 0 saturated carbocycles. The second-order valence-electron chi connectivity index (χ2n) is 4.89. The van der Waals surface area contributed by atoms with Gasteiger partial charge in [-0.2, -0.15) is 0 Å². The molecule has 1 heterocycles. The van der Waals surface area contributed by atoms with E-state index in [-0.39, 0.29) is 12.4 Å². The van der Waals surface area contributed by atoms with Gasteiger partial charge in [-0.3, -0.25) is 9.78 Å². The van der Waals surface area contributed by atoms with Gasteiger partial charge in [-0.05, 0) is 30.7 Å². The Labute approximate surface area is 123 Å². The predicted molar refractivity (Wildman–Crippen MR) is 81.5 cm³/mol. The lowest BCUT2D eigenvalue weighted by atomic mass is 10.0. The van der Waals surface area contributed by atoms with Crippen molar-refractivity contribution in [3.8, 4) is 0 Å². The van der Waals surface area contributed by atoms with Crippen LogP contribution in [0, 0.1) is 6.92 Å². The standard InChI is InChI=1S/C15H17ClN2O2/c1-9-5-13(18(2)3)12-8-11(16)6-10(15(12)17-9)7-14(19)20-4/h5-6,8H,7H2,1-4H3. The van der Waals surface area contributed by atoms with Gasteiger partial charge in [0.05, 0.1) is 19.0 Å². The second-order valence-corrected chi connectivity index (χ2v) is 5.33. The predicted octanol–water partition coefficient (Wildman–Crippen LogP) is 2.98. The van der Waals surface area contributed by atoms with E-state index in [9.17, 15) is 4.79 Å². The van der Waals surface area contributed by atoms with Crippen LogP contribution in [0.25, 0.3) is 10.9 Å². The summed E-state index contributed by atoms with van der Waals surface area (Å²) >= 11 is 6.17. The maximum Gasteiger partial charge on any atom is 0.310 e. The number of carbonyl (C=O) groups is 1. The summed E-state index contributed by atoms with van der Waals surface area (Å²) in [4.78, 5) is 18.1. The minimum absolute atomic E-state index is 0.164. The fourth-order valence-corrected chi connectivity index (χ4v) is 2.44. The highest BCUT2D eigenvalue weighted by molar-refractivity contribution is 6.31. The molecule has 5 heteroatoms. The molecule has 0 aliphatic rings. The molecule has 1 aromatic carbocycles. The molecular formula is C15H17ClN2O2. The molecule has 0 amide bonds. The van der Waals surface area contributed by atoms with Crippen molar-refractivity contribution in [2.45, 2.75) is 13.3 Å². The van der Waals surface area contributed by atoms with Gasteiger partial charge in [-0.25, -0.2) is 0 Å². The Morgan fingerprint density at radius 1 is 1.35 bits per heavy atom. The number of esters is 1. The van der Waals surface area contributed by atoms with Crippen molar-refractivity contribution < 1.29 is 9.53 Å². The summed E-state index contributed by atoms with van der Waals surface area (Å²) in [5.41, 5.74) is 3.51. The normalized spacial score (nSPS) is 10.7. The van der Waals surface area contributed by atoms with Crippen LogP contribution in [0.3, 0.4) is 0 Å². The van der Waals surface area contributed by atoms with E-state index in [1.54, 1.807) is 6.07 Å². The van der Waals surface area contributed by atoms with Crippen LogP contribution in [0.1, 0.15) is 11.3 Å². The number of hydrogen-bond acceptors (Lipinski definition) is 4. The van der Waals surface area contributed by atoms with E-state index in [0.717, 1.165) is 27.8 Å². The molecule has 0 N–H and O–H groups in total. The first kappa shape index (κ1) is 14.6. The van der Waals surface area contributed by atoms with Crippen LogP contribution in [-0.2, 0) is 16.0 Å². The van der Waals surface area contributed by atoms with Crippen LogP contribution < -0.4 is 4.90 Å². The number of benzene rings is 1. The maximum atomic E-state index is 11.5. The zero-order valence-electron chi connectivity index (χ0n) is 12.0. The number of ether oxygens (including phenoxy) is 1. The van der Waals surface area contributed by atoms with Gasteiger partial charge < -0.3 is 9.64 Å². The Morgan fingerprint density at radius 2 is 2.05 bits per heavy atom. The zero-order valence-corrected chi connectivity index (χ0v) is 12.8. The number of hydrogen-bond donors (Lipinski definition) is 0. The number of anilines is 1. The van der Waals surface area contributed by atoms with Crippen LogP contribution in [-0.4, -0.2) is 32.2 Å². The number of nitrogens with zero attached hydrogens (tertiary/aromatic N) is 2. The van der Waals surface area contributed by atoms with E-state index >= 15 is 0 Å². The molecule has 20 heavy (non-hydrogen) atoms. The molecule has 0 spiro atoms. The molecule has 0 saturated heterocycles. The maximum absolute atomic E-state index is 11.5. The third kappa shape index (κ3) is 2.85. The van der Waals surface area contributed by atoms with Crippen LogP contribution >= 0.6 is 11.6 Å². The molecule has 106 valence electrons. The molecule has 0 aliphatic heterocycles. The summed E-state index contributed by atoms with van der Waals surface area (Å²) in [7, 11) is 5.31. The van der Waals surface area contributed by atoms with Crippen LogP contribution in [0.4, 0.5) is 5.69 Å². The highest BCUT2D eigenvalue weighted by Crippen LogP contribution is 2.31. The lowest BCUT2D eigenvalue weighted by Gasteiger charge is -2.17. The molecule has 0 fully saturated rings. The van der Waals surface area contributed by atoms with Crippen molar-refractivity contribution in [1.29, 1.82) is 0 Å². The molecular weight excluding hydrogens is 276 g/mol. The first-order valence-electron chi connectivity index (χ1n) is 6.26. The van der Waals surface area contributed by atoms with Gasteiger partial charge in [0.1, 0.15) is 0 Å². The van der Waals surface area contributed by atoms with Gasteiger partial charge in [-0.15, -0.1) is 0 Å².